The van der Waals surface area contributed by atoms with Crippen molar-refractivity contribution in [1.82, 2.24) is 10.2 Å². The Kier molecular flexibility index (Phi) is 11.5. The van der Waals surface area contributed by atoms with Gasteiger partial charge >= 0.3 is 0 Å². The number of aryl methyl sites for hydroxylation is 1. The minimum absolute atomic E-state index is 0.0110. The van der Waals surface area contributed by atoms with Gasteiger partial charge in [-0.2, -0.15) is 0 Å². The van der Waals surface area contributed by atoms with Crippen molar-refractivity contribution in [2.24, 2.45) is 0 Å². The Morgan fingerprint density at radius 3 is 2.22 bits per heavy atom. The predicted octanol–water partition coefficient (Wildman–Crippen LogP) is 6.65. The molecule has 0 aliphatic carbocycles. The van der Waals surface area contributed by atoms with Gasteiger partial charge in [-0.1, -0.05) is 95.1 Å². The molecule has 236 valence electrons. The van der Waals surface area contributed by atoms with E-state index in [2.05, 4.69) is 21.2 Å². The minimum Gasteiger partial charge on any atom is -0.352 e. The first kappa shape index (κ1) is 33.9. The Morgan fingerprint density at radius 1 is 0.911 bits per heavy atom. The van der Waals surface area contributed by atoms with E-state index in [-0.39, 0.29) is 35.2 Å². The van der Waals surface area contributed by atoms with E-state index < -0.39 is 40.2 Å². The highest BCUT2D eigenvalue weighted by molar-refractivity contribution is 9.10. The minimum atomic E-state index is -4.23. The van der Waals surface area contributed by atoms with Crippen molar-refractivity contribution in [2.45, 2.75) is 57.1 Å². The lowest BCUT2D eigenvalue weighted by Gasteiger charge is -2.34. The molecule has 0 unspecified atom stereocenters. The van der Waals surface area contributed by atoms with Gasteiger partial charge in [-0.25, -0.2) is 12.8 Å². The molecule has 0 radical (unpaired) electrons. The van der Waals surface area contributed by atoms with Gasteiger partial charge in [-0.15, -0.1) is 0 Å². The molecule has 0 aromatic heterocycles. The standard InChI is InChI=1S/C35H37BrFN3O4S/c1-4-26(3)38-35(42)33(21-27-11-6-5-7-12-27)39(23-28-13-8-9-16-32(28)37)34(41)24-40(30-15-10-14-29(36)22-30)45(43,44)31-19-17-25(2)18-20-31/h5-20,22,26,33H,4,21,23-24H2,1-3H3,(H,38,42)/t26-,33+/m1/s1. The van der Waals surface area contributed by atoms with Gasteiger partial charge in [0.1, 0.15) is 18.4 Å². The van der Waals surface area contributed by atoms with E-state index in [1.165, 1.54) is 23.1 Å². The third kappa shape index (κ3) is 8.79. The van der Waals surface area contributed by atoms with Crippen LogP contribution >= 0.6 is 15.9 Å². The average molecular weight is 695 g/mol. The first-order valence-electron chi connectivity index (χ1n) is 14.7. The van der Waals surface area contributed by atoms with E-state index in [9.17, 15) is 18.0 Å². The van der Waals surface area contributed by atoms with Gasteiger partial charge in [-0.3, -0.25) is 13.9 Å². The lowest BCUT2D eigenvalue weighted by Crippen LogP contribution is -2.54. The van der Waals surface area contributed by atoms with Crippen molar-refractivity contribution in [2.75, 3.05) is 10.8 Å². The number of benzene rings is 4. The molecular weight excluding hydrogens is 657 g/mol. The molecule has 10 heteroatoms. The van der Waals surface area contributed by atoms with E-state index in [4.69, 9.17) is 0 Å². The zero-order valence-electron chi connectivity index (χ0n) is 25.5. The Balaban J connectivity index is 1.82. The molecule has 0 fully saturated rings. The molecule has 4 aromatic carbocycles. The molecule has 4 aromatic rings. The maximum Gasteiger partial charge on any atom is 0.264 e. The molecule has 0 aliphatic rings. The molecule has 0 saturated carbocycles. The van der Waals surface area contributed by atoms with Gasteiger partial charge in [0.05, 0.1) is 10.6 Å². The highest BCUT2D eigenvalue weighted by Crippen LogP contribution is 2.28. The number of sulfonamides is 1. The van der Waals surface area contributed by atoms with Crippen LogP contribution in [0.25, 0.3) is 0 Å². The van der Waals surface area contributed by atoms with Crippen molar-refractivity contribution in [3.05, 3.63) is 130 Å². The van der Waals surface area contributed by atoms with E-state index >= 15 is 4.39 Å². The number of nitrogens with one attached hydrogen (secondary N) is 1. The molecule has 0 heterocycles. The van der Waals surface area contributed by atoms with Crippen LogP contribution in [0.15, 0.2) is 112 Å². The van der Waals surface area contributed by atoms with Crippen LogP contribution in [0.1, 0.15) is 37.0 Å². The second kappa shape index (κ2) is 15.3. The highest BCUT2D eigenvalue weighted by Gasteiger charge is 2.35. The fraction of sp³-hybridized carbons (Fsp3) is 0.257. The third-order valence-electron chi connectivity index (χ3n) is 7.55. The summed E-state index contributed by atoms with van der Waals surface area (Å²) in [5, 5.41) is 2.97. The van der Waals surface area contributed by atoms with Crippen molar-refractivity contribution in [3.63, 3.8) is 0 Å². The summed E-state index contributed by atoms with van der Waals surface area (Å²) in [4.78, 5) is 29.6. The molecular formula is C35H37BrFN3O4S. The summed E-state index contributed by atoms with van der Waals surface area (Å²) in [6.45, 7) is 4.79. The van der Waals surface area contributed by atoms with Crippen LogP contribution in [0.4, 0.5) is 10.1 Å². The predicted molar refractivity (Wildman–Crippen MR) is 179 cm³/mol. The summed E-state index contributed by atoms with van der Waals surface area (Å²) >= 11 is 3.41. The van der Waals surface area contributed by atoms with Crippen LogP contribution in [0.5, 0.6) is 0 Å². The molecule has 7 nitrogen and oxygen atoms in total. The number of halogens is 2. The van der Waals surface area contributed by atoms with Gasteiger partial charge in [0, 0.05) is 29.0 Å². The van der Waals surface area contributed by atoms with E-state index in [1.54, 1.807) is 54.6 Å². The molecule has 0 aliphatic heterocycles. The van der Waals surface area contributed by atoms with Crippen molar-refractivity contribution in [1.29, 1.82) is 0 Å². The Morgan fingerprint density at radius 2 is 1.58 bits per heavy atom. The number of carbonyl (C=O) groups is 2. The second-order valence-corrected chi connectivity index (χ2v) is 13.7. The summed E-state index contributed by atoms with van der Waals surface area (Å²) < 4.78 is 44.9. The first-order chi connectivity index (χ1) is 21.5. The largest absolute Gasteiger partial charge is 0.352 e. The number of carbonyl (C=O) groups excluding carboxylic acids is 2. The Hall–Kier alpha value is -4.02. The molecule has 0 spiro atoms. The van der Waals surface area contributed by atoms with Crippen LogP contribution in [0.2, 0.25) is 0 Å². The summed E-state index contributed by atoms with van der Waals surface area (Å²) in [6.07, 6.45) is 0.807. The van der Waals surface area contributed by atoms with Crippen LogP contribution in [-0.2, 0) is 32.6 Å². The van der Waals surface area contributed by atoms with Crippen LogP contribution in [0.3, 0.4) is 0 Å². The number of anilines is 1. The maximum absolute atomic E-state index is 15.0. The lowest BCUT2D eigenvalue weighted by atomic mass is 10.0. The van der Waals surface area contributed by atoms with E-state index in [1.807, 2.05) is 51.1 Å². The molecule has 2 amide bonds. The number of rotatable bonds is 13. The topological polar surface area (TPSA) is 86.8 Å². The zero-order chi connectivity index (χ0) is 32.6. The number of nitrogens with zero attached hydrogens (tertiary/aromatic N) is 2. The fourth-order valence-corrected chi connectivity index (χ4v) is 6.60. The number of hydrogen-bond acceptors (Lipinski definition) is 4. The Labute approximate surface area is 273 Å². The monoisotopic (exact) mass is 693 g/mol. The number of amides is 2. The Bertz CT molecular complexity index is 1720. The summed E-state index contributed by atoms with van der Waals surface area (Å²) in [7, 11) is -4.23. The van der Waals surface area contributed by atoms with Crippen molar-refractivity contribution >= 4 is 43.5 Å². The maximum atomic E-state index is 15.0. The molecule has 0 saturated heterocycles. The van der Waals surface area contributed by atoms with Crippen molar-refractivity contribution in [3.8, 4) is 0 Å². The second-order valence-electron chi connectivity index (χ2n) is 10.9. The first-order valence-corrected chi connectivity index (χ1v) is 16.9. The van der Waals surface area contributed by atoms with E-state index in [0.29, 0.717) is 10.9 Å². The van der Waals surface area contributed by atoms with Gasteiger partial charge < -0.3 is 10.2 Å². The van der Waals surface area contributed by atoms with Crippen molar-refractivity contribution < 1.29 is 22.4 Å². The summed E-state index contributed by atoms with van der Waals surface area (Å²) in [5.41, 5.74) is 2.14. The molecule has 4 rings (SSSR count). The van der Waals surface area contributed by atoms with Gasteiger partial charge in [0.15, 0.2) is 0 Å². The highest BCUT2D eigenvalue weighted by atomic mass is 79.9. The normalized spacial score (nSPS) is 12.6. The summed E-state index contributed by atoms with van der Waals surface area (Å²) in [5.74, 6) is -1.60. The quantitative estimate of drug-likeness (QED) is 0.170. The third-order valence-corrected chi connectivity index (χ3v) is 9.84. The molecule has 1 N–H and O–H groups in total. The van der Waals surface area contributed by atoms with Crippen LogP contribution in [0, 0.1) is 12.7 Å². The molecule has 45 heavy (non-hydrogen) atoms. The van der Waals surface area contributed by atoms with Gasteiger partial charge in [0.2, 0.25) is 11.8 Å². The van der Waals surface area contributed by atoms with Gasteiger partial charge in [0.25, 0.3) is 10.0 Å². The van der Waals surface area contributed by atoms with E-state index in [0.717, 1.165) is 15.4 Å². The lowest BCUT2D eigenvalue weighted by molar-refractivity contribution is -0.140. The number of hydrogen-bond donors (Lipinski definition) is 1. The van der Waals surface area contributed by atoms with Gasteiger partial charge in [-0.05, 0) is 62.2 Å². The van der Waals surface area contributed by atoms with Crippen LogP contribution in [-0.4, -0.2) is 43.8 Å². The smallest absolute Gasteiger partial charge is 0.264 e. The molecule has 0 bridgehead atoms. The SMILES string of the molecule is CC[C@@H](C)NC(=O)[C@H](Cc1ccccc1)N(Cc1ccccc1F)C(=O)CN(c1cccc(Br)c1)S(=O)(=O)c1ccc(C)cc1. The summed E-state index contributed by atoms with van der Waals surface area (Å²) in [6, 6.07) is 27.0. The fourth-order valence-electron chi connectivity index (χ4n) is 4.80. The van der Waals surface area contributed by atoms with Crippen LogP contribution < -0.4 is 9.62 Å². The zero-order valence-corrected chi connectivity index (χ0v) is 27.9. The average Bonchev–Trinajstić information content (AvgIpc) is 3.02. The molecule has 2 atom stereocenters.